The molecule has 5 nitrogen and oxygen atoms in total. The fourth-order valence-corrected chi connectivity index (χ4v) is 3.52. The van der Waals surface area contributed by atoms with E-state index in [1.165, 1.54) is 6.07 Å². The Morgan fingerprint density at radius 3 is 2.38 bits per heavy atom. The van der Waals surface area contributed by atoms with Crippen molar-refractivity contribution >= 4 is 21.7 Å². The molecular formula is C17H12F3NO4S. The number of fused-ring (bicyclic) bond motifs is 1. The van der Waals surface area contributed by atoms with Crippen molar-refractivity contribution in [3.8, 4) is 0 Å². The first kappa shape index (κ1) is 18.1. The molecule has 0 saturated heterocycles. The van der Waals surface area contributed by atoms with Crippen LogP contribution in [0.3, 0.4) is 0 Å². The molecule has 0 unspecified atom stereocenters. The van der Waals surface area contributed by atoms with Crippen molar-refractivity contribution in [3.05, 3.63) is 65.2 Å². The van der Waals surface area contributed by atoms with Gasteiger partial charge in [-0.05, 0) is 29.3 Å². The van der Waals surface area contributed by atoms with E-state index in [-0.39, 0.29) is 18.5 Å². The summed E-state index contributed by atoms with van der Waals surface area (Å²) in [6.07, 6.45) is -0.0115. The highest BCUT2D eigenvalue weighted by Crippen LogP contribution is 2.31. The maximum atomic E-state index is 12.7. The minimum absolute atomic E-state index is 0.0115. The number of carbonyl (C=O) groups is 2. The highest BCUT2D eigenvalue weighted by molar-refractivity contribution is 7.92. The number of nitrogens with zero attached hydrogens (tertiary/aromatic N) is 1. The molecule has 1 heterocycles. The van der Waals surface area contributed by atoms with Crippen molar-refractivity contribution in [1.82, 2.24) is 4.90 Å². The Labute approximate surface area is 147 Å². The third-order valence-electron chi connectivity index (χ3n) is 3.99. The van der Waals surface area contributed by atoms with Crippen LogP contribution in [-0.2, 0) is 27.6 Å². The average Bonchev–Trinajstić information content (AvgIpc) is 2.58. The maximum Gasteiger partial charge on any atom is 0.501 e. The van der Waals surface area contributed by atoms with Gasteiger partial charge < -0.3 is 0 Å². The van der Waals surface area contributed by atoms with E-state index in [4.69, 9.17) is 0 Å². The molecule has 26 heavy (non-hydrogen) atoms. The Balaban J connectivity index is 1.92. The molecule has 0 spiro atoms. The van der Waals surface area contributed by atoms with Crippen LogP contribution in [0.15, 0.2) is 53.4 Å². The summed E-state index contributed by atoms with van der Waals surface area (Å²) < 4.78 is 61.1. The van der Waals surface area contributed by atoms with Gasteiger partial charge in [-0.1, -0.05) is 30.3 Å². The SMILES string of the molecule is O=C1Cc2ccccc2C(=O)N1Cc1cccc(S(=O)(=O)C(F)(F)F)c1. The molecule has 1 aliphatic heterocycles. The molecule has 0 N–H and O–H groups in total. The van der Waals surface area contributed by atoms with Gasteiger partial charge in [-0.3, -0.25) is 14.5 Å². The molecule has 0 bridgehead atoms. The Morgan fingerprint density at radius 1 is 1.00 bits per heavy atom. The predicted molar refractivity (Wildman–Crippen MR) is 84.7 cm³/mol. The zero-order chi connectivity index (χ0) is 19.1. The van der Waals surface area contributed by atoms with Crippen molar-refractivity contribution in [1.29, 1.82) is 0 Å². The van der Waals surface area contributed by atoms with Crippen LogP contribution in [-0.4, -0.2) is 30.6 Å². The molecule has 3 rings (SSSR count). The summed E-state index contributed by atoms with van der Waals surface area (Å²) in [5.41, 5.74) is -4.41. The number of carbonyl (C=O) groups excluding carboxylic acids is 2. The van der Waals surface area contributed by atoms with E-state index in [2.05, 4.69) is 0 Å². The van der Waals surface area contributed by atoms with Gasteiger partial charge in [-0.2, -0.15) is 13.2 Å². The van der Waals surface area contributed by atoms with E-state index in [1.54, 1.807) is 24.3 Å². The van der Waals surface area contributed by atoms with Crippen LogP contribution in [0.5, 0.6) is 0 Å². The Kier molecular flexibility index (Phi) is 4.35. The molecule has 136 valence electrons. The predicted octanol–water partition coefficient (Wildman–Crippen LogP) is 2.71. The lowest BCUT2D eigenvalue weighted by molar-refractivity contribution is -0.128. The summed E-state index contributed by atoms with van der Waals surface area (Å²) in [6, 6.07) is 10.7. The van der Waals surface area contributed by atoms with Crippen molar-refractivity contribution in [3.63, 3.8) is 0 Å². The number of hydrogen-bond acceptors (Lipinski definition) is 4. The third-order valence-corrected chi connectivity index (χ3v) is 5.47. The van der Waals surface area contributed by atoms with Crippen LogP contribution < -0.4 is 0 Å². The summed E-state index contributed by atoms with van der Waals surface area (Å²) >= 11 is 0. The van der Waals surface area contributed by atoms with Gasteiger partial charge in [0.1, 0.15) is 0 Å². The van der Waals surface area contributed by atoms with E-state index >= 15 is 0 Å². The standard InChI is InChI=1S/C17H12F3NO4S/c18-17(19,20)26(24,25)13-6-3-4-11(8-13)10-21-15(22)9-12-5-1-2-7-14(12)16(21)23/h1-8H,9-10H2. The lowest BCUT2D eigenvalue weighted by Gasteiger charge is -2.27. The van der Waals surface area contributed by atoms with Gasteiger partial charge in [0.05, 0.1) is 17.9 Å². The second kappa shape index (κ2) is 6.24. The molecule has 9 heteroatoms. The van der Waals surface area contributed by atoms with Gasteiger partial charge in [-0.25, -0.2) is 8.42 Å². The minimum Gasteiger partial charge on any atom is -0.274 e. The molecule has 1 aliphatic rings. The van der Waals surface area contributed by atoms with Crippen LogP contribution in [0.2, 0.25) is 0 Å². The Hall–Kier alpha value is -2.68. The van der Waals surface area contributed by atoms with Crippen molar-refractivity contribution in [2.45, 2.75) is 23.4 Å². The monoisotopic (exact) mass is 383 g/mol. The lowest BCUT2D eigenvalue weighted by atomic mass is 9.98. The molecule has 2 aromatic carbocycles. The minimum atomic E-state index is -5.50. The first-order chi connectivity index (χ1) is 12.1. The summed E-state index contributed by atoms with van der Waals surface area (Å²) in [6.45, 7) is -0.312. The van der Waals surface area contributed by atoms with Gasteiger partial charge in [0.25, 0.3) is 15.7 Å². The summed E-state index contributed by atoms with van der Waals surface area (Å²) in [5.74, 6) is -1.07. The van der Waals surface area contributed by atoms with E-state index in [1.807, 2.05) is 0 Å². The zero-order valence-electron chi connectivity index (χ0n) is 13.2. The molecule has 0 radical (unpaired) electrons. The number of sulfone groups is 1. The largest absolute Gasteiger partial charge is 0.501 e. The van der Waals surface area contributed by atoms with Gasteiger partial charge in [0, 0.05) is 5.56 Å². The quantitative estimate of drug-likeness (QED) is 0.764. The lowest BCUT2D eigenvalue weighted by Crippen LogP contribution is -2.41. The summed E-state index contributed by atoms with van der Waals surface area (Å²) in [5, 5.41) is 0. The van der Waals surface area contributed by atoms with Crippen molar-refractivity contribution < 1.29 is 31.2 Å². The van der Waals surface area contributed by atoms with E-state index < -0.39 is 32.1 Å². The number of benzene rings is 2. The smallest absolute Gasteiger partial charge is 0.274 e. The zero-order valence-corrected chi connectivity index (χ0v) is 14.0. The van der Waals surface area contributed by atoms with Crippen molar-refractivity contribution in [2.24, 2.45) is 0 Å². The number of hydrogen-bond donors (Lipinski definition) is 0. The van der Waals surface area contributed by atoms with Gasteiger partial charge >= 0.3 is 5.51 Å². The van der Waals surface area contributed by atoms with Crippen LogP contribution in [0.4, 0.5) is 13.2 Å². The van der Waals surface area contributed by atoms with Gasteiger partial charge in [-0.15, -0.1) is 0 Å². The maximum absolute atomic E-state index is 12.7. The molecule has 2 aromatic rings. The Morgan fingerprint density at radius 2 is 1.69 bits per heavy atom. The summed E-state index contributed by atoms with van der Waals surface area (Å²) in [7, 11) is -5.50. The van der Waals surface area contributed by atoms with Crippen LogP contribution >= 0.6 is 0 Å². The van der Waals surface area contributed by atoms with Crippen LogP contribution in [0.1, 0.15) is 21.5 Å². The van der Waals surface area contributed by atoms with Crippen LogP contribution in [0.25, 0.3) is 0 Å². The Bertz CT molecular complexity index is 999. The highest BCUT2D eigenvalue weighted by Gasteiger charge is 2.47. The number of halogens is 3. The topological polar surface area (TPSA) is 71.5 Å². The third kappa shape index (κ3) is 3.10. The van der Waals surface area contributed by atoms with E-state index in [0.29, 0.717) is 11.1 Å². The highest BCUT2D eigenvalue weighted by atomic mass is 32.2. The number of imide groups is 1. The number of alkyl halides is 3. The van der Waals surface area contributed by atoms with Crippen LogP contribution in [0, 0.1) is 0 Å². The fraction of sp³-hybridized carbons (Fsp3) is 0.176. The fourth-order valence-electron chi connectivity index (χ4n) is 2.69. The molecule has 0 saturated carbocycles. The second-order valence-electron chi connectivity index (χ2n) is 5.72. The summed E-state index contributed by atoms with van der Waals surface area (Å²) in [4.78, 5) is 24.7. The number of rotatable bonds is 3. The average molecular weight is 383 g/mol. The van der Waals surface area contributed by atoms with Crippen molar-refractivity contribution in [2.75, 3.05) is 0 Å². The molecule has 0 fully saturated rings. The molecule has 0 atom stereocenters. The first-order valence-corrected chi connectivity index (χ1v) is 8.92. The molecule has 0 aliphatic carbocycles. The van der Waals surface area contributed by atoms with Gasteiger partial charge in [0.2, 0.25) is 5.91 Å². The molecular weight excluding hydrogens is 371 g/mol. The number of amides is 2. The van der Waals surface area contributed by atoms with E-state index in [9.17, 15) is 31.2 Å². The molecule has 2 amide bonds. The first-order valence-electron chi connectivity index (χ1n) is 7.44. The van der Waals surface area contributed by atoms with E-state index in [0.717, 1.165) is 23.1 Å². The second-order valence-corrected chi connectivity index (χ2v) is 7.66. The van der Waals surface area contributed by atoms with Gasteiger partial charge in [0.15, 0.2) is 0 Å². The normalized spacial score (nSPS) is 15.1. The molecule has 0 aromatic heterocycles.